The van der Waals surface area contributed by atoms with Crippen molar-refractivity contribution in [2.45, 2.75) is 46.8 Å². The molecule has 0 aliphatic carbocycles. The summed E-state index contributed by atoms with van der Waals surface area (Å²) in [6.45, 7) is 8.35. The van der Waals surface area contributed by atoms with Crippen LogP contribution in [0, 0.1) is 12.7 Å². The second-order valence-electron chi connectivity index (χ2n) is 5.46. The molecule has 1 aromatic carbocycles. The van der Waals surface area contributed by atoms with Crippen molar-refractivity contribution in [1.82, 2.24) is 0 Å². The maximum Gasteiger partial charge on any atom is 0.342 e. The van der Waals surface area contributed by atoms with Gasteiger partial charge in [0.25, 0.3) is 0 Å². The number of hydrogen-bond donors (Lipinski definition) is 0. The van der Waals surface area contributed by atoms with Crippen LogP contribution < -0.4 is 4.74 Å². The van der Waals surface area contributed by atoms with Crippen LogP contribution in [0.2, 0.25) is 0 Å². The van der Waals surface area contributed by atoms with Crippen molar-refractivity contribution in [2.24, 2.45) is 0 Å². The fourth-order valence-corrected chi connectivity index (χ4v) is 3.61. The monoisotopic (exact) mass is 332 g/mol. The predicted molar refractivity (Wildman–Crippen MR) is 81.7 cm³/mol. The zero-order valence-electron chi connectivity index (χ0n) is 13.5. The molecular formula is C15H22FO5P. The number of hydrogen-bond acceptors (Lipinski definition) is 5. The highest BCUT2D eigenvalue weighted by atomic mass is 31.2. The van der Waals surface area contributed by atoms with E-state index in [1.807, 2.05) is 0 Å². The minimum absolute atomic E-state index is 0.185. The molecule has 124 valence electrons. The minimum Gasteiger partial charge on any atom is -0.426 e. The van der Waals surface area contributed by atoms with Crippen molar-refractivity contribution in [3.63, 3.8) is 0 Å². The van der Waals surface area contributed by atoms with Gasteiger partial charge in [0.1, 0.15) is 17.7 Å². The molecule has 0 saturated heterocycles. The molecular weight excluding hydrogens is 310 g/mol. The Balaban J connectivity index is 2.78. The maximum absolute atomic E-state index is 13.2. The molecule has 0 aliphatic heterocycles. The average molecular weight is 332 g/mol. The van der Waals surface area contributed by atoms with Crippen molar-refractivity contribution in [1.29, 1.82) is 0 Å². The van der Waals surface area contributed by atoms with E-state index >= 15 is 0 Å². The van der Waals surface area contributed by atoms with Crippen molar-refractivity contribution in [3.05, 3.63) is 29.6 Å². The van der Waals surface area contributed by atoms with E-state index in [1.54, 1.807) is 34.6 Å². The van der Waals surface area contributed by atoms with Gasteiger partial charge >= 0.3 is 13.6 Å². The quantitative estimate of drug-likeness (QED) is 0.428. The molecule has 0 radical (unpaired) electrons. The molecule has 0 amide bonds. The number of aryl methyl sites for hydroxylation is 1. The average Bonchev–Trinajstić information content (AvgIpc) is 2.30. The van der Waals surface area contributed by atoms with Crippen LogP contribution in [0.5, 0.6) is 5.75 Å². The van der Waals surface area contributed by atoms with Crippen LogP contribution in [0.1, 0.15) is 33.3 Å². The summed E-state index contributed by atoms with van der Waals surface area (Å²) in [6, 6.07) is 3.93. The molecule has 0 saturated carbocycles. The molecule has 22 heavy (non-hydrogen) atoms. The molecule has 1 rings (SSSR count). The topological polar surface area (TPSA) is 61.8 Å². The Morgan fingerprint density at radius 3 is 2.18 bits per heavy atom. The smallest absolute Gasteiger partial charge is 0.342 e. The van der Waals surface area contributed by atoms with E-state index in [0.717, 1.165) is 0 Å². The number of halogens is 1. The van der Waals surface area contributed by atoms with Crippen LogP contribution in [0.3, 0.4) is 0 Å². The van der Waals surface area contributed by atoms with Gasteiger partial charge in [0.15, 0.2) is 0 Å². The fraction of sp³-hybridized carbons (Fsp3) is 0.533. The van der Waals surface area contributed by atoms with Crippen molar-refractivity contribution in [3.8, 4) is 5.75 Å². The van der Waals surface area contributed by atoms with Gasteiger partial charge in [0.05, 0.1) is 12.2 Å². The third-order valence-corrected chi connectivity index (χ3v) is 4.56. The normalized spacial score (nSPS) is 12.0. The van der Waals surface area contributed by atoms with E-state index in [0.29, 0.717) is 5.56 Å². The second kappa shape index (κ2) is 7.86. The Morgan fingerprint density at radius 2 is 1.73 bits per heavy atom. The van der Waals surface area contributed by atoms with Crippen molar-refractivity contribution in [2.75, 3.05) is 6.16 Å². The number of carbonyl (C=O) groups excluding carboxylic acids is 1. The first kappa shape index (κ1) is 18.8. The standard InChI is InChI=1S/C15H22FO5P/c1-10(2)20-22(18,21-11(3)4)9-15(17)19-13-6-7-14(16)12(5)8-13/h6-8,10-11H,9H2,1-5H3. The van der Waals surface area contributed by atoms with E-state index in [1.165, 1.54) is 18.2 Å². The summed E-state index contributed by atoms with van der Waals surface area (Å²) in [5.41, 5.74) is 0.352. The Labute approximate surface area is 130 Å². The van der Waals surface area contributed by atoms with Gasteiger partial charge in [0.2, 0.25) is 0 Å². The number of ether oxygens (including phenoxy) is 1. The fourth-order valence-electron chi connectivity index (χ4n) is 1.74. The van der Waals surface area contributed by atoms with E-state index in [2.05, 4.69) is 0 Å². The molecule has 0 fully saturated rings. The lowest BCUT2D eigenvalue weighted by Gasteiger charge is -2.22. The summed E-state index contributed by atoms with van der Waals surface area (Å²) in [6.07, 6.45) is -1.21. The molecule has 0 heterocycles. The zero-order valence-corrected chi connectivity index (χ0v) is 14.4. The molecule has 0 atom stereocenters. The highest BCUT2D eigenvalue weighted by Gasteiger charge is 2.32. The number of benzene rings is 1. The van der Waals surface area contributed by atoms with Gasteiger partial charge in [-0.2, -0.15) is 0 Å². The maximum atomic E-state index is 13.2. The van der Waals surface area contributed by atoms with E-state index in [4.69, 9.17) is 13.8 Å². The molecule has 0 aromatic heterocycles. The molecule has 0 aliphatic rings. The summed E-state index contributed by atoms with van der Waals surface area (Å²) in [5, 5.41) is 0. The summed E-state index contributed by atoms with van der Waals surface area (Å²) in [4.78, 5) is 11.9. The van der Waals surface area contributed by atoms with Crippen LogP contribution >= 0.6 is 7.60 Å². The first-order chi connectivity index (χ1) is 10.1. The molecule has 0 spiro atoms. The minimum atomic E-state index is -3.59. The lowest BCUT2D eigenvalue weighted by atomic mass is 10.2. The van der Waals surface area contributed by atoms with E-state index in [-0.39, 0.29) is 18.0 Å². The molecule has 1 aromatic rings. The number of esters is 1. The lowest BCUT2D eigenvalue weighted by Crippen LogP contribution is -2.19. The number of carbonyl (C=O) groups is 1. The van der Waals surface area contributed by atoms with Crippen molar-refractivity contribution < 1.29 is 27.5 Å². The van der Waals surface area contributed by atoms with Gasteiger partial charge in [-0.15, -0.1) is 0 Å². The zero-order chi connectivity index (χ0) is 16.9. The first-order valence-electron chi connectivity index (χ1n) is 7.04. The molecule has 7 heteroatoms. The highest BCUT2D eigenvalue weighted by Crippen LogP contribution is 2.50. The van der Waals surface area contributed by atoms with Gasteiger partial charge in [-0.25, -0.2) is 4.39 Å². The third kappa shape index (κ3) is 6.26. The van der Waals surface area contributed by atoms with Crippen LogP contribution in [-0.4, -0.2) is 24.3 Å². The molecule has 0 unspecified atom stereocenters. The van der Waals surface area contributed by atoms with Gasteiger partial charge in [-0.3, -0.25) is 9.36 Å². The summed E-state index contributed by atoms with van der Waals surface area (Å²) >= 11 is 0. The Morgan fingerprint density at radius 1 is 1.18 bits per heavy atom. The summed E-state index contributed by atoms with van der Waals surface area (Å²) < 4.78 is 41.3. The summed E-state index contributed by atoms with van der Waals surface area (Å²) in [7, 11) is -3.59. The van der Waals surface area contributed by atoms with Gasteiger partial charge in [-0.05, 0) is 58.4 Å². The Kier molecular flexibility index (Phi) is 6.72. The number of rotatable bonds is 7. The highest BCUT2D eigenvalue weighted by molar-refractivity contribution is 7.54. The van der Waals surface area contributed by atoms with Gasteiger partial charge in [0, 0.05) is 0 Å². The molecule has 0 bridgehead atoms. The third-order valence-electron chi connectivity index (χ3n) is 2.43. The lowest BCUT2D eigenvalue weighted by molar-refractivity contribution is -0.131. The van der Waals surface area contributed by atoms with Crippen LogP contribution in [-0.2, 0) is 18.4 Å². The van der Waals surface area contributed by atoms with Crippen LogP contribution in [0.4, 0.5) is 4.39 Å². The van der Waals surface area contributed by atoms with Crippen LogP contribution in [0.25, 0.3) is 0 Å². The second-order valence-corrected chi connectivity index (χ2v) is 7.42. The van der Waals surface area contributed by atoms with Gasteiger partial charge < -0.3 is 13.8 Å². The van der Waals surface area contributed by atoms with Gasteiger partial charge in [-0.1, -0.05) is 0 Å². The first-order valence-corrected chi connectivity index (χ1v) is 8.77. The predicted octanol–water partition coefficient (Wildman–Crippen LogP) is 4.08. The largest absolute Gasteiger partial charge is 0.426 e. The van der Waals surface area contributed by atoms with Crippen molar-refractivity contribution >= 4 is 13.6 Å². The molecule has 0 N–H and O–H groups in total. The van der Waals surface area contributed by atoms with Crippen LogP contribution in [0.15, 0.2) is 18.2 Å². The van der Waals surface area contributed by atoms with E-state index < -0.39 is 25.5 Å². The summed E-state index contributed by atoms with van der Waals surface area (Å²) in [5.74, 6) is -0.961. The molecule has 5 nitrogen and oxygen atoms in total. The van der Waals surface area contributed by atoms with E-state index in [9.17, 15) is 13.8 Å². The Bertz CT molecular complexity index is 557. The Hall–Kier alpha value is -1.23. The SMILES string of the molecule is Cc1cc(OC(=O)CP(=O)(OC(C)C)OC(C)C)ccc1F.